The van der Waals surface area contributed by atoms with E-state index in [1.54, 1.807) is 0 Å². The number of aromatic nitrogens is 2. The fourth-order valence-corrected chi connectivity index (χ4v) is 2.52. The van der Waals surface area contributed by atoms with E-state index in [9.17, 15) is 4.79 Å². The van der Waals surface area contributed by atoms with Crippen LogP contribution in [0, 0.1) is 0 Å². The van der Waals surface area contributed by atoms with E-state index in [2.05, 4.69) is 20.8 Å². The van der Waals surface area contributed by atoms with Crippen LogP contribution in [0.1, 0.15) is 18.3 Å². The molecule has 1 saturated heterocycles. The van der Waals surface area contributed by atoms with Crippen molar-refractivity contribution in [2.45, 2.75) is 25.8 Å². The van der Waals surface area contributed by atoms with Crippen LogP contribution in [0.4, 0.5) is 0 Å². The van der Waals surface area contributed by atoms with Crippen LogP contribution in [-0.2, 0) is 22.4 Å². The molecule has 128 valence electrons. The molecule has 1 aromatic heterocycles. The number of amides is 1. The molecule has 1 fully saturated rings. The lowest BCUT2D eigenvalue weighted by Crippen LogP contribution is -2.51. The standard InChI is InChI=1S/C17H22N4O3/c1-2-15-20-17(24-21-15)13-5-3-12(4-6-13)7-8-19-16(22)14-11-23-10-9-18-14/h3-6,14,18H,2,7-11H2,1H3,(H,19,22)/t14-/m1/s1. The maximum Gasteiger partial charge on any atom is 0.257 e. The number of carbonyl (C=O) groups is 1. The molecule has 1 aliphatic heterocycles. The van der Waals surface area contributed by atoms with Gasteiger partial charge in [-0.15, -0.1) is 0 Å². The monoisotopic (exact) mass is 330 g/mol. The molecule has 0 bridgehead atoms. The summed E-state index contributed by atoms with van der Waals surface area (Å²) < 4.78 is 10.5. The number of nitrogens with one attached hydrogen (secondary N) is 2. The Morgan fingerprint density at radius 2 is 2.21 bits per heavy atom. The molecule has 3 rings (SSSR count). The van der Waals surface area contributed by atoms with Crippen LogP contribution in [-0.4, -0.2) is 48.4 Å². The van der Waals surface area contributed by atoms with Gasteiger partial charge in [0.25, 0.3) is 5.89 Å². The van der Waals surface area contributed by atoms with Crippen LogP contribution in [0.3, 0.4) is 0 Å². The molecule has 1 amide bonds. The van der Waals surface area contributed by atoms with Gasteiger partial charge in [0, 0.05) is 25.1 Å². The average molecular weight is 330 g/mol. The minimum atomic E-state index is -0.244. The number of rotatable bonds is 6. The second kappa shape index (κ2) is 8.03. The number of nitrogens with zero attached hydrogens (tertiary/aromatic N) is 2. The number of hydrogen-bond acceptors (Lipinski definition) is 6. The van der Waals surface area contributed by atoms with Gasteiger partial charge in [0.2, 0.25) is 5.91 Å². The molecule has 0 saturated carbocycles. The lowest BCUT2D eigenvalue weighted by atomic mass is 10.1. The molecule has 7 nitrogen and oxygen atoms in total. The summed E-state index contributed by atoms with van der Waals surface area (Å²) in [6.45, 7) is 4.40. The molecule has 7 heteroatoms. The van der Waals surface area contributed by atoms with Gasteiger partial charge < -0.3 is 19.9 Å². The number of morpholine rings is 1. The van der Waals surface area contributed by atoms with Gasteiger partial charge >= 0.3 is 0 Å². The van der Waals surface area contributed by atoms with Gasteiger partial charge in [0.15, 0.2) is 5.82 Å². The summed E-state index contributed by atoms with van der Waals surface area (Å²) in [7, 11) is 0. The van der Waals surface area contributed by atoms with Crippen molar-refractivity contribution in [2.24, 2.45) is 0 Å². The largest absolute Gasteiger partial charge is 0.378 e. The third-order valence-electron chi connectivity index (χ3n) is 3.94. The Labute approximate surface area is 140 Å². The van der Waals surface area contributed by atoms with Gasteiger partial charge in [-0.1, -0.05) is 24.2 Å². The van der Waals surface area contributed by atoms with Gasteiger partial charge in [0.05, 0.1) is 13.2 Å². The molecular formula is C17H22N4O3. The number of carbonyl (C=O) groups excluding carboxylic acids is 1. The van der Waals surface area contributed by atoms with Crippen molar-refractivity contribution < 1.29 is 14.1 Å². The molecule has 2 heterocycles. The SMILES string of the molecule is CCc1noc(-c2ccc(CCNC(=O)[C@H]3COCCN3)cc2)n1. The van der Waals surface area contributed by atoms with E-state index in [1.807, 2.05) is 31.2 Å². The molecule has 2 N–H and O–H groups in total. The highest BCUT2D eigenvalue weighted by Gasteiger charge is 2.20. The fraction of sp³-hybridized carbons (Fsp3) is 0.471. The molecule has 0 unspecified atom stereocenters. The molecule has 0 aliphatic carbocycles. The van der Waals surface area contributed by atoms with Crippen molar-refractivity contribution >= 4 is 5.91 Å². The molecule has 0 spiro atoms. The van der Waals surface area contributed by atoms with Crippen LogP contribution in [0.15, 0.2) is 28.8 Å². The molecular weight excluding hydrogens is 308 g/mol. The minimum Gasteiger partial charge on any atom is -0.378 e. The first-order chi connectivity index (χ1) is 11.8. The van der Waals surface area contributed by atoms with Crippen molar-refractivity contribution in [1.82, 2.24) is 20.8 Å². The average Bonchev–Trinajstić information content (AvgIpc) is 3.12. The highest BCUT2D eigenvalue weighted by molar-refractivity contribution is 5.81. The predicted molar refractivity (Wildman–Crippen MR) is 88.4 cm³/mol. The number of benzene rings is 1. The van der Waals surface area contributed by atoms with Crippen molar-refractivity contribution in [2.75, 3.05) is 26.3 Å². The fourth-order valence-electron chi connectivity index (χ4n) is 2.52. The van der Waals surface area contributed by atoms with Gasteiger partial charge in [-0.3, -0.25) is 4.79 Å². The summed E-state index contributed by atoms with van der Waals surface area (Å²) in [6, 6.07) is 7.70. The third-order valence-corrected chi connectivity index (χ3v) is 3.94. The zero-order chi connectivity index (χ0) is 16.8. The van der Waals surface area contributed by atoms with Crippen LogP contribution >= 0.6 is 0 Å². The number of aryl methyl sites for hydroxylation is 1. The molecule has 0 radical (unpaired) electrons. The van der Waals surface area contributed by atoms with Crippen molar-refractivity contribution in [3.8, 4) is 11.5 Å². The number of hydrogen-bond donors (Lipinski definition) is 2. The van der Waals surface area contributed by atoms with Crippen LogP contribution in [0.2, 0.25) is 0 Å². The summed E-state index contributed by atoms with van der Waals surface area (Å²) in [5, 5.41) is 9.97. The Bertz CT molecular complexity index is 663. The smallest absolute Gasteiger partial charge is 0.257 e. The summed E-state index contributed by atoms with van der Waals surface area (Å²) in [5.41, 5.74) is 2.04. The van der Waals surface area contributed by atoms with E-state index in [0.717, 1.165) is 30.5 Å². The van der Waals surface area contributed by atoms with E-state index in [0.29, 0.717) is 31.5 Å². The Balaban J connectivity index is 1.48. The highest BCUT2D eigenvalue weighted by Crippen LogP contribution is 2.18. The first-order valence-electron chi connectivity index (χ1n) is 8.27. The van der Waals surface area contributed by atoms with Crippen molar-refractivity contribution in [3.05, 3.63) is 35.7 Å². The van der Waals surface area contributed by atoms with E-state index in [-0.39, 0.29) is 11.9 Å². The molecule has 1 aromatic carbocycles. The predicted octanol–water partition coefficient (Wildman–Crippen LogP) is 0.946. The summed E-state index contributed by atoms with van der Waals surface area (Å²) in [6.07, 6.45) is 1.52. The lowest BCUT2D eigenvalue weighted by Gasteiger charge is -2.22. The van der Waals surface area contributed by atoms with Crippen molar-refractivity contribution in [1.29, 1.82) is 0 Å². The van der Waals surface area contributed by atoms with Gasteiger partial charge in [-0.2, -0.15) is 4.98 Å². The zero-order valence-corrected chi connectivity index (χ0v) is 13.7. The third kappa shape index (κ3) is 4.18. The number of ether oxygens (including phenoxy) is 1. The Morgan fingerprint density at radius 3 is 2.88 bits per heavy atom. The van der Waals surface area contributed by atoms with E-state index >= 15 is 0 Å². The topological polar surface area (TPSA) is 89.3 Å². The second-order valence-corrected chi connectivity index (χ2v) is 5.69. The quantitative estimate of drug-likeness (QED) is 0.820. The summed E-state index contributed by atoms with van der Waals surface area (Å²) in [5.74, 6) is 1.23. The Hall–Kier alpha value is -2.25. The van der Waals surface area contributed by atoms with Gasteiger partial charge in [0.1, 0.15) is 6.04 Å². The van der Waals surface area contributed by atoms with E-state index in [4.69, 9.17) is 9.26 Å². The first kappa shape index (κ1) is 16.6. The highest BCUT2D eigenvalue weighted by atomic mass is 16.5. The van der Waals surface area contributed by atoms with Crippen LogP contribution in [0.25, 0.3) is 11.5 Å². The van der Waals surface area contributed by atoms with Crippen LogP contribution < -0.4 is 10.6 Å². The van der Waals surface area contributed by atoms with Crippen LogP contribution in [0.5, 0.6) is 0 Å². The molecule has 24 heavy (non-hydrogen) atoms. The normalized spacial score (nSPS) is 17.6. The van der Waals surface area contributed by atoms with E-state index in [1.165, 1.54) is 0 Å². The minimum absolute atomic E-state index is 0.00993. The molecule has 2 aromatic rings. The Morgan fingerprint density at radius 1 is 1.38 bits per heavy atom. The first-order valence-corrected chi connectivity index (χ1v) is 8.27. The molecule has 1 aliphatic rings. The zero-order valence-electron chi connectivity index (χ0n) is 13.7. The second-order valence-electron chi connectivity index (χ2n) is 5.69. The van der Waals surface area contributed by atoms with Gasteiger partial charge in [-0.25, -0.2) is 0 Å². The Kier molecular flexibility index (Phi) is 5.55. The van der Waals surface area contributed by atoms with E-state index < -0.39 is 0 Å². The lowest BCUT2D eigenvalue weighted by molar-refractivity contribution is -0.125. The maximum absolute atomic E-state index is 12.0. The van der Waals surface area contributed by atoms with Gasteiger partial charge in [-0.05, 0) is 24.1 Å². The van der Waals surface area contributed by atoms with Crippen molar-refractivity contribution in [3.63, 3.8) is 0 Å². The summed E-state index contributed by atoms with van der Waals surface area (Å²) >= 11 is 0. The molecule has 1 atom stereocenters. The maximum atomic E-state index is 12.0. The summed E-state index contributed by atoms with van der Waals surface area (Å²) in [4.78, 5) is 16.3.